The number of carbonyl (C=O) groups is 4. The summed E-state index contributed by atoms with van der Waals surface area (Å²) in [6.07, 6.45) is 74.4. The van der Waals surface area contributed by atoms with Gasteiger partial charge in [0.25, 0.3) is 0 Å². The van der Waals surface area contributed by atoms with E-state index in [-0.39, 0.29) is 25.7 Å². The first-order valence-corrected chi connectivity index (χ1v) is 46.1. The summed E-state index contributed by atoms with van der Waals surface area (Å²) in [5.41, 5.74) is 0. The lowest BCUT2D eigenvalue weighted by molar-refractivity contribution is -0.161. The third-order valence-corrected chi connectivity index (χ3v) is 21.1. The molecule has 0 fully saturated rings. The Bertz CT molecular complexity index is 2040. The zero-order valence-electron chi connectivity index (χ0n) is 66.8. The summed E-state index contributed by atoms with van der Waals surface area (Å²) in [6.45, 7) is 4.96. The van der Waals surface area contributed by atoms with E-state index in [1.54, 1.807) is 0 Å². The molecular weight excluding hydrogens is 1340 g/mol. The van der Waals surface area contributed by atoms with Gasteiger partial charge in [-0.05, 0) is 51.4 Å². The maximum Gasteiger partial charge on any atom is 0.472 e. The monoisotopic (exact) mass is 1500 g/mol. The highest BCUT2D eigenvalue weighted by atomic mass is 31.2. The zero-order chi connectivity index (χ0) is 75.3. The molecule has 0 amide bonds. The van der Waals surface area contributed by atoms with Crippen molar-refractivity contribution in [1.82, 2.24) is 0 Å². The number of hydrogen-bond donors (Lipinski definition) is 3. The third kappa shape index (κ3) is 77.5. The number of ether oxygens (including phenoxy) is 4. The lowest BCUT2D eigenvalue weighted by Gasteiger charge is -2.21. The molecule has 2 unspecified atom stereocenters. The smallest absolute Gasteiger partial charge is 0.462 e. The van der Waals surface area contributed by atoms with Gasteiger partial charge in [0.05, 0.1) is 26.4 Å². The summed E-state index contributed by atoms with van der Waals surface area (Å²) < 4.78 is 68.7. The summed E-state index contributed by atoms with van der Waals surface area (Å²) in [5, 5.41) is 10.7. The molecule has 19 heteroatoms. The van der Waals surface area contributed by atoms with E-state index >= 15 is 0 Å². The number of aliphatic hydroxyl groups is 1. The fourth-order valence-electron chi connectivity index (χ4n) is 12.6. The first kappa shape index (κ1) is 101. The largest absolute Gasteiger partial charge is 0.472 e. The zero-order valence-corrected chi connectivity index (χ0v) is 68.6. The summed E-state index contributed by atoms with van der Waals surface area (Å²) in [4.78, 5) is 73.1. The molecule has 3 N–H and O–H groups in total. The van der Waals surface area contributed by atoms with Gasteiger partial charge in [0.1, 0.15) is 19.3 Å². The molecule has 0 aromatic rings. The number of phosphoric ester groups is 2. The number of aliphatic hydroxyl groups excluding tert-OH is 1. The van der Waals surface area contributed by atoms with Crippen molar-refractivity contribution in [3.63, 3.8) is 0 Å². The molecule has 0 radical (unpaired) electrons. The normalized spacial score (nSPS) is 13.9. The van der Waals surface area contributed by atoms with E-state index in [0.29, 0.717) is 25.7 Å². The third-order valence-electron chi connectivity index (χ3n) is 19.2. The van der Waals surface area contributed by atoms with E-state index < -0.39 is 97.5 Å². The molecule has 0 heterocycles. The Labute approximate surface area is 631 Å². The SMILES string of the molecule is CCCCCC/C=C\C=C/CCCCCCCC(=O)O[C@H](COC(=O)CCCCCCCCCCCC)COP(=O)(O)OC[C@H](O)COP(=O)(O)OC[C@@H](COC(=O)CCCCCCCCCCCCCCCCCC)OC(=O)CCCCCCCCCCCCCCCCCCCCCCCC. The van der Waals surface area contributed by atoms with Crippen LogP contribution in [0, 0.1) is 0 Å². The molecule has 0 aromatic heterocycles. The number of allylic oxidation sites excluding steroid dienone is 4. The predicted molar refractivity (Wildman–Crippen MR) is 423 cm³/mol. The van der Waals surface area contributed by atoms with Gasteiger partial charge >= 0.3 is 39.5 Å². The Hall–Kier alpha value is -2.46. The van der Waals surface area contributed by atoms with Crippen molar-refractivity contribution in [2.24, 2.45) is 0 Å². The van der Waals surface area contributed by atoms with Crippen molar-refractivity contribution >= 4 is 39.5 Å². The lowest BCUT2D eigenvalue weighted by Crippen LogP contribution is -2.30. The van der Waals surface area contributed by atoms with Gasteiger partial charge in [-0.1, -0.05) is 379 Å². The number of esters is 4. The minimum absolute atomic E-state index is 0.0858. The van der Waals surface area contributed by atoms with E-state index in [0.717, 1.165) is 103 Å². The number of hydrogen-bond acceptors (Lipinski definition) is 15. The van der Waals surface area contributed by atoms with Crippen molar-refractivity contribution in [2.75, 3.05) is 39.6 Å². The van der Waals surface area contributed by atoms with Crippen LogP contribution in [0.15, 0.2) is 24.3 Å². The van der Waals surface area contributed by atoms with Crippen LogP contribution >= 0.6 is 15.6 Å². The van der Waals surface area contributed by atoms with Gasteiger partial charge in [0.15, 0.2) is 12.2 Å². The van der Waals surface area contributed by atoms with Crippen molar-refractivity contribution in [3.05, 3.63) is 24.3 Å². The second-order valence-corrected chi connectivity index (χ2v) is 32.4. The van der Waals surface area contributed by atoms with Crippen molar-refractivity contribution in [1.29, 1.82) is 0 Å². The minimum atomic E-state index is -4.97. The minimum Gasteiger partial charge on any atom is -0.462 e. The molecule has 608 valence electrons. The van der Waals surface area contributed by atoms with Crippen LogP contribution in [0.25, 0.3) is 0 Å². The molecule has 0 saturated heterocycles. The molecule has 0 aliphatic rings. The van der Waals surface area contributed by atoms with Crippen LogP contribution < -0.4 is 0 Å². The maximum absolute atomic E-state index is 13.1. The molecule has 5 atom stereocenters. The number of carbonyl (C=O) groups excluding carboxylic acids is 4. The lowest BCUT2D eigenvalue weighted by atomic mass is 10.0. The van der Waals surface area contributed by atoms with E-state index in [2.05, 4.69) is 52.0 Å². The molecule has 17 nitrogen and oxygen atoms in total. The Morgan fingerprint density at radius 3 is 0.709 bits per heavy atom. The molecule has 0 rings (SSSR count). The quantitative estimate of drug-likeness (QED) is 0.0169. The summed E-state index contributed by atoms with van der Waals surface area (Å²) in [7, 11) is -9.93. The topological polar surface area (TPSA) is 237 Å². The van der Waals surface area contributed by atoms with Crippen molar-refractivity contribution in [3.8, 4) is 0 Å². The molecule has 0 bridgehead atoms. The second kappa shape index (κ2) is 77.7. The van der Waals surface area contributed by atoms with Gasteiger partial charge in [-0.3, -0.25) is 37.3 Å². The standard InChI is InChI=1S/C84H160O17P2/c1-5-9-13-17-21-25-29-32-35-37-38-39-40-41-42-45-48-51-55-59-63-67-71-84(89)101-80(75-95-82(87)69-65-61-57-53-49-46-44-36-33-30-26-22-18-14-10-6-2)77-99-103(92,93)97-73-78(85)72-96-102(90,91)98-76-79(74-94-81(86)68-64-60-56-52-28-24-20-16-12-8-4)100-83(88)70-66-62-58-54-50-47-43-34-31-27-23-19-15-11-7-3/h27,31,34,43,78-80,85H,5-26,28-30,32-33,35-42,44-77H2,1-4H3,(H,90,91)(H,92,93)/b31-27-,43-34-/t78-,79+,80+/m0/s1. The summed E-state index contributed by atoms with van der Waals surface area (Å²) >= 11 is 0. The number of rotatable bonds is 83. The van der Waals surface area contributed by atoms with E-state index in [1.807, 2.05) is 0 Å². The summed E-state index contributed by atoms with van der Waals surface area (Å²) in [5.74, 6) is -2.13. The van der Waals surface area contributed by atoms with Crippen LogP contribution in [0.3, 0.4) is 0 Å². The average Bonchev–Trinajstić information content (AvgIpc) is 0.948. The summed E-state index contributed by atoms with van der Waals surface area (Å²) in [6, 6.07) is 0. The van der Waals surface area contributed by atoms with Crippen molar-refractivity contribution in [2.45, 2.75) is 451 Å². The van der Waals surface area contributed by atoms with Crippen LogP contribution in [0.2, 0.25) is 0 Å². The van der Waals surface area contributed by atoms with E-state index in [9.17, 15) is 43.2 Å². The van der Waals surface area contributed by atoms with Gasteiger partial charge < -0.3 is 33.8 Å². The first-order chi connectivity index (χ1) is 50.2. The maximum atomic E-state index is 13.1. The van der Waals surface area contributed by atoms with Gasteiger partial charge in [-0.15, -0.1) is 0 Å². The first-order valence-electron chi connectivity index (χ1n) is 43.1. The highest BCUT2D eigenvalue weighted by Crippen LogP contribution is 2.45. The van der Waals surface area contributed by atoms with Crippen molar-refractivity contribution < 1.29 is 80.2 Å². The van der Waals surface area contributed by atoms with Crippen LogP contribution in [0.4, 0.5) is 0 Å². The average molecular weight is 1500 g/mol. The Morgan fingerprint density at radius 2 is 0.466 bits per heavy atom. The van der Waals surface area contributed by atoms with Crippen LogP contribution in [-0.2, 0) is 65.4 Å². The number of unbranched alkanes of at least 4 members (excludes halogenated alkanes) is 54. The molecular formula is C84H160O17P2. The Morgan fingerprint density at radius 1 is 0.272 bits per heavy atom. The van der Waals surface area contributed by atoms with E-state index in [4.69, 9.17) is 37.0 Å². The molecule has 0 aliphatic heterocycles. The van der Waals surface area contributed by atoms with Gasteiger partial charge in [0, 0.05) is 25.7 Å². The molecule has 0 spiro atoms. The van der Waals surface area contributed by atoms with E-state index in [1.165, 1.54) is 250 Å². The highest BCUT2D eigenvalue weighted by Gasteiger charge is 2.30. The molecule has 0 aliphatic carbocycles. The Kier molecular flexibility index (Phi) is 75.8. The molecule has 0 saturated carbocycles. The fourth-order valence-corrected chi connectivity index (χ4v) is 14.2. The predicted octanol–water partition coefficient (Wildman–Crippen LogP) is 25.3. The van der Waals surface area contributed by atoms with Crippen LogP contribution in [-0.4, -0.2) is 96.7 Å². The molecule has 0 aromatic carbocycles. The molecule has 103 heavy (non-hydrogen) atoms. The van der Waals surface area contributed by atoms with Crippen LogP contribution in [0.1, 0.15) is 432 Å². The number of phosphoric acid groups is 2. The van der Waals surface area contributed by atoms with Gasteiger partial charge in [0.2, 0.25) is 0 Å². The highest BCUT2D eigenvalue weighted by molar-refractivity contribution is 7.47. The van der Waals surface area contributed by atoms with Gasteiger partial charge in [-0.2, -0.15) is 0 Å². The second-order valence-electron chi connectivity index (χ2n) is 29.5. The van der Waals surface area contributed by atoms with Crippen LogP contribution in [0.5, 0.6) is 0 Å². The Balaban J connectivity index is 5.24. The van der Waals surface area contributed by atoms with Gasteiger partial charge in [-0.25, -0.2) is 9.13 Å². The fraction of sp³-hybridized carbons (Fsp3) is 0.905.